The highest BCUT2D eigenvalue weighted by Crippen LogP contribution is 2.10. The van der Waals surface area contributed by atoms with E-state index in [0.29, 0.717) is 12.1 Å². The van der Waals surface area contributed by atoms with E-state index in [1.807, 2.05) is 11.6 Å². The number of imidazole rings is 1. The lowest BCUT2D eigenvalue weighted by molar-refractivity contribution is 0.0697. The zero-order valence-electron chi connectivity index (χ0n) is 11.3. The summed E-state index contributed by atoms with van der Waals surface area (Å²) in [5.41, 5.74) is 0.447. The summed E-state index contributed by atoms with van der Waals surface area (Å²) in [5.74, 6) is -0.530. The van der Waals surface area contributed by atoms with E-state index in [-0.39, 0.29) is 11.5 Å². The second-order valence-corrected chi connectivity index (χ2v) is 4.50. The van der Waals surface area contributed by atoms with Gasteiger partial charge in [-0.1, -0.05) is 6.07 Å². The van der Waals surface area contributed by atoms with Gasteiger partial charge in [-0.25, -0.2) is 9.78 Å². The van der Waals surface area contributed by atoms with Crippen molar-refractivity contribution in [1.82, 2.24) is 14.5 Å². The quantitative estimate of drug-likeness (QED) is 0.913. The second kappa shape index (κ2) is 5.56. The number of nitrogens with zero attached hydrogens (tertiary/aromatic N) is 3. The van der Waals surface area contributed by atoms with Crippen molar-refractivity contribution >= 4 is 11.9 Å². The molecule has 0 spiro atoms. The fourth-order valence-corrected chi connectivity index (χ4v) is 1.84. The molecule has 104 valence electrons. The first-order chi connectivity index (χ1) is 9.49. The summed E-state index contributed by atoms with van der Waals surface area (Å²) < 4.78 is 1.83. The predicted octanol–water partition coefficient (Wildman–Crippen LogP) is 1.39. The largest absolute Gasteiger partial charge is 0.478 e. The van der Waals surface area contributed by atoms with E-state index < -0.39 is 5.97 Å². The number of amides is 1. The van der Waals surface area contributed by atoms with Gasteiger partial charge in [0.2, 0.25) is 0 Å². The molecule has 0 aliphatic heterocycles. The van der Waals surface area contributed by atoms with Crippen LogP contribution in [0.1, 0.15) is 26.5 Å². The van der Waals surface area contributed by atoms with E-state index in [2.05, 4.69) is 4.98 Å². The Labute approximate surface area is 116 Å². The van der Waals surface area contributed by atoms with Crippen molar-refractivity contribution < 1.29 is 14.7 Å². The minimum Gasteiger partial charge on any atom is -0.478 e. The van der Waals surface area contributed by atoms with E-state index in [9.17, 15) is 9.59 Å². The lowest BCUT2D eigenvalue weighted by Crippen LogP contribution is -2.27. The normalized spacial score (nSPS) is 10.3. The van der Waals surface area contributed by atoms with Crippen LogP contribution in [0.5, 0.6) is 0 Å². The average molecular weight is 273 g/mol. The van der Waals surface area contributed by atoms with Gasteiger partial charge < -0.3 is 14.6 Å². The van der Waals surface area contributed by atoms with Gasteiger partial charge in [-0.15, -0.1) is 0 Å². The van der Waals surface area contributed by atoms with Crippen molar-refractivity contribution in [2.45, 2.75) is 6.54 Å². The van der Waals surface area contributed by atoms with E-state index >= 15 is 0 Å². The maximum absolute atomic E-state index is 12.3. The van der Waals surface area contributed by atoms with Crippen LogP contribution in [-0.2, 0) is 13.6 Å². The maximum Gasteiger partial charge on any atom is 0.335 e. The van der Waals surface area contributed by atoms with Gasteiger partial charge in [-0.2, -0.15) is 0 Å². The monoisotopic (exact) mass is 273 g/mol. The number of hydrogen-bond donors (Lipinski definition) is 1. The van der Waals surface area contributed by atoms with Crippen molar-refractivity contribution in [2.24, 2.45) is 7.05 Å². The number of benzene rings is 1. The number of aryl methyl sites for hydroxylation is 1. The molecule has 0 fully saturated rings. The molecule has 0 saturated heterocycles. The average Bonchev–Trinajstić information content (AvgIpc) is 2.83. The van der Waals surface area contributed by atoms with Gasteiger partial charge in [0.15, 0.2) is 0 Å². The van der Waals surface area contributed by atoms with Crippen LogP contribution in [0, 0.1) is 0 Å². The van der Waals surface area contributed by atoms with Crippen molar-refractivity contribution in [3.05, 3.63) is 53.6 Å². The SMILES string of the molecule is CN(Cc1nccn1C)C(=O)c1cccc(C(=O)O)c1. The molecule has 0 bridgehead atoms. The van der Waals surface area contributed by atoms with E-state index in [1.54, 1.807) is 31.6 Å². The van der Waals surface area contributed by atoms with Crippen molar-refractivity contribution in [3.63, 3.8) is 0 Å². The van der Waals surface area contributed by atoms with E-state index in [4.69, 9.17) is 5.11 Å². The predicted molar refractivity (Wildman–Crippen MR) is 72.4 cm³/mol. The summed E-state index contributed by atoms with van der Waals surface area (Å²) in [6.45, 7) is 0.361. The van der Waals surface area contributed by atoms with Crippen LogP contribution >= 0.6 is 0 Å². The lowest BCUT2D eigenvalue weighted by Gasteiger charge is -2.17. The summed E-state index contributed by atoms with van der Waals surface area (Å²) in [6, 6.07) is 5.99. The highest BCUT2D eigenvalue weighted by Gasteiger charge is 2.15. The maximum atomic E-state index is 12.3. The van der Waals surface area contributed by atoms with E-state index in [1.165, 1.54) is 17.0 Å². The first-order valence-electron chi connectivity index (χ1n) is 6.04. The summed E-state index contributed by atoms with van der Waals surface area (Å²) in [7, 11) is 3.51. The molecule has 1 aromatic heterocycles. The van der Waals surface area contributed by atoms with Gasteiger partial charge in [-0.05, 0) is 18.2 Å². The van der Waals surface area contributed by atoms with Crippen LogP contribution in [0.2, 0.25) is 0 Å². The smallest absolute Gasteiger partial charge is 0.335 e. The van der Waals surface area contributed by atoms with Crippen molar-refractivity contribution in [1.29, 1.82) is 0 Å². The third-order valence-corrected chi connectivity index (χ3v) is 3.00. The number of carbonyl (C=O) groups is 2. The van der Waals surface area contributed by atoms with Crippen molar-refractivity contribution in [3.8, 4) is 0 Å². The molecule has 0 radical (unpaired) electrons. The molecule has 1 heterocycles. The molecule has 0 saturated carbocycles. The third-order valence-electron chi connectivity index (χ3n) is 3.00. The number of aromatic carboxylic acids is 1. The lowest BCUT2D eigenvalue weighted by atomic mass is 10.1. The van der Waals surface area contributed by atoms with E-state index in [0.717, 1.165) is 5.82 Å². The Balaban J connectivity index is 2.16. The zero-order chi connectivity index (χ0) is 14.7. The first kappa shape index (κ1) is 13.8. The highest BCUT2D eigenvalue weighted by molar-refractivity contribution is 5.97. The Morgan fingerprint density at radius 2 is 2.05 bits per heavy atom. The van der Waals surface area contributed by atoms with Gasteiger partial charge in [0.05, 0.1) is 12.1 Å². The van der Waals surface area contributed by atoms with Gasteiger partial charge in [0.25, 0.3) is 5.91 Å². The Bertz CT molecular complexity index is 649. The molecular weight excluding hydrogens is 258 g/mol. The van der Waals surface area contributed by atoms with Crippen LogP contribution in [0.4, 0.5) is 0 Å². The molecule has 1 N–H and O–H groups in total. The molecule has 0 aliphatic carbocycles. The van der Waals surface area contributed by atoms with Crippen LogP contribution < -0.4 is 0 Å². The van der Waals surface area contributed by atoms with Gasteiger partial charge >= 0.3 is 5.97 Å². The summed E-state index contributed by atoms with van der Waals surface area (Å²) in [5, 5.41) is 8.94. The standard InChI is InChI=1S/C14H15N3O3/c1-16-7-6-15-12(16)9-17(2)13(18)10-4-3-5-11(8-10)14(19)20/h3-8H,9H2,1-2H3,(H,19,20). The number of carboxylic acid groups (broad SMARTS) is 1. The third kappa shape index (κ3) is 2.85. The second-order valence-electron chi connectivity index (χ2n) is 4.50. The number of carboxylic acids is 1. The Morgan fingerprint density at radius 3 is 2.65 bits per heavy atom. The molecule has 0 unspecified atom stereocenters. The number of hydrogen-bond acceptors (Lipinski definition) is 3. The zero-order valence-corrected chi connectivity index (χ0v) is 11.3. The molecule has 6 heteroatoms. The first-order valence-corrected chi connectivity index (χ1v) is 6.04. The minimum absolute atomic E-state index is 0.0984. The van der Waals surface area contributed by atoms with Crippen LogP contribution in [0.3, 0.4) is 0 Å². The molecular formula is C14H15N3O3. The molecule has 1 amide bonds. The topological polar surface area (TPSA) is 75.4 Å². The fourth-order valence-electron chi connectivity index (χ4n) is 1.84. The Kier molecular flexibility index (Phi) is 3.84. The molecule has 0 atom stereocenters. The van der Waals surface area contributed by atoms with Gasteiger partial charge in [0, 0.05) is 32.1 Å². The summed E-state index contributed by atoms with van der Waals surface area (Å²) in [6.07, 6.45) is 3.47. The van der Waals surface area contributed by atoms with Crippen LogP contribution in [0.15, 0.2) is 36.7 Å². The molecule has 1 aromatic carbocycles. The summed E-state index contributed by atoms with van der Waals surface area (Å²) in [4.78, 5) is 28.8. The van der Waals surface area contributed by atoms with Crippen LogP contribution in [0.25, 0.3) is 0 Å². The number of aromatic nitrogens is 2. The molecule has 2 aromatic rings. The number of carbonyl (C=O) groups excluding carboxylic acids is 1. The van der Waals surface area contributed by atoms with Gasteiger partial charge in [0.1, 0.15) is 5.82 Å². The van der Waals surface area contributed by atoms with Crippen LogP contribution in [-0.4, -0.2) is 38.5 Å². The Morgan fingerprint density at radius 1 is 1.35 bits per heavy atom. The fraction of sp³-hybridized carbons (Fsp3) is 0.214. The molecule has 6 nitrogen and oxygen atoms in total. The van der Waals surface area contributed by atoms with Gasteiger partial charge in [-0.3, -0.25) is 4.79 Å². The molecule has 2 rings (SSSR count). The van der Waals surface area contributed by atoms with Crippen molar-refractivity contribution in [2.75, 3.05) is 7.05 Å². The highest BCUT2D eigenvalue weighted by atomic mass is 16.4. The number of rotatable bonds is 4. The summed E-state index contributed by atoms with van der Waals surface area (Å²) >= 11 is 0. The molecule has 20 heavy (non-hydrogen) atoms. The molecule has 0 aliphatic rings. The minimum atomic E-state index is -1.05. The Hall–Kier alpha value is -2.63.